The maximum absolute atomic E-state index is 12.8. The van der Waals surface area contributed by atoms with E-state index in [9.17, 15) is 13.7 Å². The smallest absolute Gasteiger partial charge is 0.263 e. The monoisotopic (exact) mass is 585 g/mol. The lowest BCUT2D eigenvalue weighted by Gasteiger charge is -2.57. The minimum atomic E-state index is -3.90. The summed E-state index contributed by atoms with van der Waals surface area (Å²) in [5.74, 6) is 3.10. The summed E-state index contributed by atoms with van der Waals surface area (Å²) < 4.78 is 44.5. The van der Waals surface area contributed by atoms with Crippen LogP contribution in [0, 0.1) is 34.5 Å². The van der Waals surface area contributed by atoms with Gasteiger partial charge in [0, 0.05) is 18.1 Å². The highest BCUT2D eigenvalue weighted by Crippen LogP contribution is 2.61. The largest absolute Gasteiger partial charge is 0.487 e. The third kappa shape index (κ3) is 6.46. The van der Waals surface area contributed by atoms with Crippen LogP contribution in [-0.2, 0) is 14.8 Å². The molecular weight excluding hydrogens is 546 g/mol. The number of nitriles is 1. The molecule has 7 rings (SSSR count). The molecule has 1 atom stereocenters. The molecule has 5 aliphatic rings. The zero-order valence-corrected chi connectivity index (χ0v) is 24.6. The van der Waals surface area contributed by atoms with Crippen LogP contribution in [0.15, 0.2) is 29.4 Å². The molecule has 4 saturated carbocycles. The molecule has 9 nitrogen and oxygen atoms in total. The number of rotatable bonds is 13. The fraction of sp³-hybridized carbons (Fsp3) is 0.690. The van der Waals surface area contributed by atoms with E-state index >= 15 is 0 Å². The maximum Gasteiger partial charge on any atom is 0.263 e. The first kappa shape index (κ1) is 27.9. The molecule has 2 aromatic rings. The zero-order chi connectivity index (χ0) is 27.6. The number of hydrogen-bond acceptors (Lipinski definition) is 9. The van der Waals surface area contributed by atoms with E-state index in [-0.39, 0.29) is 21.7 Å². The Morgan fingerprint density at radius 2 is 1.88 bits per heavy atom. The highest BCUT2D eigenvalue weighted by Gasteiger charge is 2.50. The molecule has 1 unspecified atom stereocenters. The van der Waals surface area contributed by atoms with E-state index in [0.29, 0.717) is 24.4 Å². The lowest BCUT2D eigenvalue weighted by atomic mass is 9.48. The molecule has 5 fully saturated rings. The van der Waals surface area contributed by atoms with Crippen molar-refractivity contribution in [2.75, 3.05) is 37.6 Å². The van der Waals surface area contributed by atoms with Gasteiger partial charge in [0.2, 0.25) is 5.13 Å². The first-order chi connectivity index (χ1) is 19.4. The SMILES string of the molecule is N#Cc1cc(S(=O)(=O)Nc2ncns2)ccc1OC(CCC12CC3CC(CC(C3)C1)C2)COCCN1CCCC1. The Labute approximate surface area is 241 Å². The van der Waals surface area contributed by atoms with Crippen LogP contribution in [0.4, 0.5) is 5.13 Å². The highest BCUT2D eigenvalue weighted by atomic mass is 32.2. The molecule has 216 valence electrons. The first-order valence-corrected chi connectivity index (χ1v) is 17.0. The van der Waals surface area contributed by atoms with Gasteiger partial charge in [0.1, 0.15) is 24.3 Å². The molecule has 1 aliphatic heterocycles. The minimum Gasteiger partial charge on any atom is -0.487 e. The number of anilines is 1. The van der Waals surface area contributed by atoms with E-state index in [1.807, 2.05) is 0 Å². The average molecular weight is 586 g/mol. The van der Waals surface area contributed by atoms with Crippen LogP contribution in [0.2, 0.25) is 0 Å². The predicted molar refractivity (Wildman–Crippen MR) is 153 cm³/mol. The van der Waals surface area contributed by atoms with Crippen molar-refractivity contribution >= 4 is 26.7 Å². The molecule has 1 aromatic heterocycles. The summed E-state index contributed by atoms with van der Waals surface area (Å²) >= 11 is 0.951. The lowest BCUT2D eigenvalue weighted by Crippen LogP contribution is -2.46. The molecular formula is C29H39N5O4S2. The summed E-state index contributed by atoms with van der Waals surface area (Å²) in [7, 11) is -3.90. The van der Waals surface area contributed by atoms with Gasteiger partial charge in [-0.15, -0.1) is 0 Å². The Bertz CT molecular complexity index is 1270. The van der Waals surface area contributed by atoms with Gasteiger partial charge in [-0.3, -0.25) is 4.72 Å². The number of nitrogens with zero attached hydrogens (tertiary/aromatic N) is 4. The Morgan fingerprint density at radius 1 is 1.15 bits per heavy atom. The zero-order valence-electron chi connectivity index (χ0n) is 23.0. The van der Waals surface area contributed by atoms with Crippen molar-refractivity contribution in [1.29, 1.82) is 5.26 Å². The van der Waals surface area contributed by atoms with E-state index in [1.165, 1.54) is 69.8 Å². The summed E-state index contributed by atoms with van der Waals surface area (Å²) in [6.07, 6.45) is 13.9. The second kappa shape index (κ2) is 11.9. The molecule has 0 spiro atoms. The van der Waals surface area contributed by atoms with Crippen molar-refractivity contribution in [1.82, 2.24) is 14.3 Å². The van der Waals surface area contributed by atoms with Gasteiger partial charge in [0.25, 0.3) is 10.0 Å². The molecule has 4 bridgehead atoms. The van der Waals surface area contributed by atoms with Crippen LogP contribution in [0.1, 0.15) is 69.8 Å². The van der Waals surface area contributed by atoms with Gasteiger partial charge in [-0.2, -0.15) is 9.64 Å². The van der Waals surface area contributed by atoms with Crippen LogP contribution in [-0.4, -0.2) is 61.6 Å². The number of likely N-dealkylation sites (tertiary alicyclic amines) is 1. The molecule has 4 aliphatic carbocycles. The van der Waals surface area contributed by atoms with Crippen molar-refractivity contribution in [2.24, 2.45) is 23.2 Å². The predicted octanol–water partition coefficient (Wildman–Crippen LogP) is 5.07. The molecule has 1 N–H and O–H groups in total. The van der Waals surface area contributed by atoms with Gasteiger partial charge in [-0.05, 0) is 119 Å². The third-order valence-corrected chi connectivity index (χ3v) is 11.5. The van der Waals surface area contributed by atoms with Crippen molar-refractivity contribution in [2.45, 2.75) is 75.2 Å². The number of ether oxygens (including phenoxy) is 2. The summed E-state index contributed by atoms with van der Waals surface area (Å²) in [5, 5.41) is 10.1. The van der Waals surface area contributed by atoms with Gasteiger partial charge in [0.15, 0.2) is 0 Å². The molecule has 2 heterocycles. The molecule has 1 saturated heterocycles. The van der Waals surface area contributed by atoms with Crippen molar-refractivity contribution in [3.63, 3.8) is 0 Å². The Hall–Kier alpha value is -2.26. The Balaban J connectivity index is 1.14. The fourth-order valence-corrected chi connectivity index (χ4v) is 9.78. The number of nitrogens with one attached hydrogen (secondary N) is 1. The highest BCUT2D eigenvalue weighted by molar-refractivity contribution is 7.93. The molecule has 0 amide bonds. The minimum absolute atomic E-state index is 0.0152. The lowest BCUT2D eigenvalue weighted by molar-refractivity contribution is -0.0650. The summed E-state index contributed by atoms with van der Waals surface area (Å²) in [4.78, 5) is 6.31. The molecule has 0 radical (unpaired) electrons. The number of benzene rings is 1. The maximum atomic E-state index is 12.8. The number of hydrogen-bond donors (Lipinski definition) is 1. The van der Waals surface area contributed by atoms with Crippen LogP contribution in [0.3, 0.4) is 0 Å². The van der Waals surface area contributed by atoms with Crippen LogP contribution < -0.4 is 9.46 Å². The standard InChI is InChI=1S/C29H39N5O4S2/c30-18-24-14-26(40(35,36)33-28-31-20-32-39-28)3-4-27(24)38-25(19-37-10-9-34-7-1-2-8-34)5-6-29-15-21-11-22(16-29)13-23(12-21)17-29/h3-4,14,20-23,25H,1-2,5-13,15-17,19H2,(H,31,32,33). The number of aromatic nitrogens is 2. The molecule has 1 aromatic carbocycles. The van der Waals surface area contributed by atoms with Crippen LogP contribution >= 0.6 is 11.5 Å². The Morgan fingerprint density at radius 3 is 2.52 bits per heavy atom. The van der Waals surface area contributed by atoms with E-state index in [2.05, 4.69) is 25.0 Å². The van der Waals surface area contributed by atoms with Gasteiger partial charge >= 0.3 is 0 Å². The fourth-order valence-electron chi connectivity index (χ4n) is 8.09. The average Bonchev–Trinajstić information content (AvgIpc) is 3.63. The van der Waals surface area contributed by atoms with E-state index in [0.717, 1.165) is 61.8 Å². The van der Waals surface area contributed by atoms with Gasteiger partial charge in [-0.25, -0.2) is 13.4 Å². The quantitative estimate of drug-likeness (QED) is 0.324. The molecule has 11 heteroatoms. The van der Waals surface area contributed by atoms with E-state index < -0.39 is 10.0 Å². The van der Waals surface area contributed by atoms with Crippen LogP contribution in [0.5, 0.6) is 5.75 Å². The summed E-state index contributed by atoms with van der Waals surface area (Å²) in [6.45, 7) is 4.34. The topological polar surface area (TPSA) is 117 Å². The van der Waals surface area contributed by atoms with E-state index in [4.69, 9.17) is 9.47 Å². The summed E-state index contributed by atoms with van der Waals surface area (Å²) in [6, 6.07) is 6.57. The van der Waals surface area contributed by atoms with Gasteiger partial charge in [-0.1, -0.05) is 0 Å². The Kier molecular flexibility index (Phi) is 8.31. The van der Waals surface area contributed by atoms with Crippen molar-refractivity contribution in [3.05, 3.63) is 30.1 Å². The van der Waals surface area contributed by atoms with Gasteiger partial charge in [0.05, 0.1) is 23.7 Å². The number of sulfonamides is 1. The third-order valence-electron chi connectivity index (χ3n) is 9.47. The second-order valence-electron chi connectivity index (χ2n) is 12.4. The van der Waals surface area contributed by atoms with Crippen molar-refractivity contribution < 1.29 is 17.9 Å². The van der Waals surface area contributed by atoms with Crippen LogP contribution in [0.25, 0.3) is 0 Å². The van der Waals surface area contributed by atoms with E-state index in [1.54, 1.807) is 6.07 Å². The first-order valence-electron chi connectivity index (χ1n) is 14.7. The normalized spacial score (nSPS) is 28.4. The summed E-state index contributed by atoms with van der Waals surface area (Å²) in [5.41, 5.74) is 0.621. The van der Waals surface area contributed by atoms with Crippen molar-refractivity contribution in [3.8, 4) is 11.8 Å². The second-order valence-corrected chi connectivity index (χ2v) is 14.9. The molecule has 40 heavy (non-hydrogen) atoms. The van der Waals surface area contributed by atoms with Gasteiger partial charge < -0.3 is 14.4 Å².